The molecule has 3 rings (SSSR count). The number of aromatic nitrogens is 2. The van der Waals surface area contributed by atoms with Crippen LogP contribution in [0.25, 0.3) is 0 Å². The second-order valence-electron chi connectivity index (χ2n) is 6.29. The van der Waals surface area contributed by atoms with Gasteiger partial charge in [0.1, 0.15) is 11.4 Å². The van der Waals surface area contributed by atoms with E-state index < -0.39 is 15.9 Å². The van der Waals surface area contributed by atoms with Crippen LogP contribution in [0.1, 0.15) is 60.6 Å². The Bertz CT molecular complexity index is 697. The number of amides is 1. The fourth-order valence-electron chi connectivity index (χ4n) is 2.65. The number of methoxy groups -OCH3 is 1. The molecule has 0 saturated heterocycles. The molecule has 0 aromatic carbocycles. The maximum atomic E-state index is 12.1. The summed E-state index contributed by atoms with van der Waals surface area (Å²) in [6, 6.07) is 1.46. The third-order valence-corrected chi connectivity index (χ3v) is 5.74. The molecule has 126 valence electrons. The molecule has 2 saturated carbocycles. The maximum Gasteiger partial charge on any atom is 0.285 e. The minimum atomic E-state index is -3.64. The van der Waals surface area contributed by atoms with Gasteiger partial charge in [0.05, 0.1) is 12.9 Å². The van der Waals surface area contributed by atoms with Crippen molar-refractivity contribution in [1.29, 1.82) is 0 Å². The van der Waals surface area contributed by atoms with E-state index >= 15 is 0 Å². The Balaban J connectivity index is 1.64. The molecule has 0 radical (unpaired) electrons. The number of hydrogen-bond donors (Lipinski definition) is 1. The second-order valence-corrected chi connectivity index (χ2v) is 8.13. The van der Waals surface area contributed by atoms with Crippen LogP contribution in [0.5, 0.6) is 5.75 Å². The Morgan fingerprint density at radius 3 is 2.61 bits per heavy atom. The van der Waals surface area contributed by atoms with Crippen molar-refractivity contribution in [3.63, 3.8) is 0 Å². The number of nitrogens with zero attached hydrogens (tertiary/aromatic N) is 2. The van der Waals surface area contributed by atoms with Crippen molar-refractivity contribution < 1.29 is 17.9 Å². The molecule has 23 heavy (non-hydrogen) atoms. The van der Waals surface area contributed by atoms with E-state index in [1.165, 1.54) is 19.6 Å². The molecule has 0 atom stereocenters. The molecule has 7 nitrogen and oxygen atoms in total. The van der Waals surface area contributed by atoms with Gasteiger partial charge in [-0.1, -0.05) is 19.3 Å². The van der Waals surface area contributed by atoms with Crippen LogP contribution in [-0.2, 0) is 10.0 Å². The lowest BCUT2D eigenvalue weighted by atomic mass is 9.84. The highest BCUT2D eigenvalue weighted by Crippen LogP contribution is 2.42. The highest BCUT2D eigenvalue weighted by Gasteiger charge is 2.30. The summed E-state index contributed by atoms with van der Waals surface area (Å²) in [5, 5.41) is 7.88. The van der Waals surface area contributed by atoms with E-state index in [2.05, 4.69) is 14.9 Å². The first kappa shape index (κ1) is 16.2. The largest absolute Gasteiger partial charge is 0.495 e. The molecule has 1 aromatic rings. The van der Waals surface area contributed by atoms with Crippen molar-refractivity contribution in [2.75, 3.05) is 12.9 Å². The molecule has 8 heteroatoms. The molecule has 0 bridgehead atoms. The van der Waals surface area contributed by atoms with Gasteiger partial charge in [-0.2, -0.15) is 5.10 Å². The fraction of sp³-hybridized carbons (Fsp3) is 0.667. The van der Waals surface area contributed by atoms with Crippen LogP contribution in [0.3, 0.4) is 0 Å². The second kappa shape index (κ2) is 6.43. The molecule has 1 N–H and O–H groups in total. The van der Waals surface area contributed by atoms with Gasteiger partial charge in [-0.3, -0.25) is 4.79 Å². The van der Waals surface area contributed by atoms with Crippen LogP contribution >= 0.6 is 0 Å². The Morgan fingerprint density at radius 2 is 2.04 bits per heavy atom. The molecule has 2 fully saturated rings. The number of ether oxygens (including phenoxy) is 1. The monoisotopic (exact) mass is 339 g/mol. The van der Waals surface area contributed by atoms with E-state index in [-0.39, 0.29) is 11.4 Å². The smallest absolute Gasteiger partial charge is 0.285 e. The van der Waals surface area contributed by atoms with E-state index in [0.717, 1.165) is 31.4 Å². The zero-order valence-electron chi connectivity index (χ0n) is 13.1. The highest BCUT2D eigenvalue weighted by atomic mass is 32.2. The van der Waals surface area contributed by atoms with E-state index in [9.17, 15) is 13.2 Å². The minimum absolute atomic E-state index is 0.0336. The molecule has 0 aliphatic heterocycles. The zero-order chi connectivity index (χ0) is 16.4. The van der Waals surface area contributed by atoms with Gasteiger partial charge in [0.2, 0.25) is 10.0 Å². The number of sulfonamides is 1. The summed E-state index contributed by atoms with van der Waals surface area (Å²) >= 11 is 0. The Labute approximate surface area is 135 Å². The summed E-state index contributed by atoms with van der Waals surface area (Å²) in [5.74, 6) is 0.500. The third kappa shape index (κ3) is 3.99. The summed E-state index contributed by atoms with van der Waals surface area (Å²) in [6.45, 7) is 0. The predicted molar refractivity (Wildman–Crippen MR) is 83.8 cm³/mol. The van der Waals surface area contributed by atoms with Gasteiger partial charge in [0, 0.05) is 12.0 Å². The first-order valence-corrected chi connectivity index (χ1v) is 9.60. The van der Waals surface area contributed by atoms with E-state index in [0.29, 0.717) is 24.0 Å². The predicted octanol–water partition coefficient (Wildman–Crippen LogP) is 1.61. The topological polar surface area (TPSA) is 98.2 Å². The molecular formula is C15H21N3O4S. The summed E-state index contributed by atoms with van der Waals surface area (Å²) < 4.78 is 31.3. The van der Waals surface area contributed by atoms with Crippen LogP contribution in [-0.4, -0.2) is 37.4 Å². The van der Waals surface area contributed by atoms with E-state index in [4.69, 9.17) is 4.74 Å². The van der Waals surface area contributed by atoms with Crippen LogP contribution in [0.4, 0.5) is 0 Å². The number of hydrogen-bond acceptors (Lipinski definition) is 6. The van der Waals surface area contributed by atoms with Crippen LogP contribution < -0.4 is 9.46 Å². The highest BCUT2D eigenvalue weighted by molar-refractivity contribution is 7.90. The standard InChI is InChI=1S/C15H21N3O4S/c1-22-13-9-12(16-17-14(13)11-5-6-11)15(19)18-23(20,21)8-7-10-3-2-4-10/h9-11H,2-8H2,1H3,(H,18,19). The van der Waals surface area contributed by atoms with Crippen molar-refractivity contribution >= 4 is 15.9 Å². The molecular weight excluding hydrogens is 318 g/mol. The van der Waals surface area contributed by atoms with Crippen molar-refractivity contribution in [2.45, 2.75) is 44.4 Å². The van der Waals surface area contributed by atoms with Crippen LogP contribution in [0.2, 0.25) is 0 Å². The van der Waals surface area contributed by atoms with Gasteiger partial charge in [-0.25, -0.2) is 13.1 Å². The Hall–Kier alpha value is -1.70. The summed E-state index contributed by atoms with van der Waals surface area (Å²) in [4.78, 5) is 12.1. The van der Waals surface area contributed by atoms with Gasteiger partial charge in [-0.15, -0.1) is 5.10 Å². The van der Waals surface area contributed by atoms with E-state index in [1.807, 2.05) is 0 Å². The number of nitrogens with one attached hydrogen (secondary N) is 1. The molecule has 1 aromatic heterocycles. The number of carbonyl (C=O) groups is 1. The molecule has 0 unspecified atom stereocenters. The minimum Gasteiger partial charge on any atom is -0.495 e. The molecule has 2 aliphatic rings. The fourth-order valence-corrected chi connectivity index (χ4v) is 3.78. The van der Waals surface area contributed by atoms with Crippen molar-refractivity contribution in [1.82, 2.24) is 14.9 Å². The normalized spacial score (nSPS) is 18.3. The Kier molecular flexibility index (Phi) is 4.52. The maximum absolute atomic E-state index is 12.1. The average molecular weight is 339 g/mol. The number of carbonyl (C=O) groups excluding carboxylic acids is 1. The van der Waals surface area contributed by atoms with Crippen molar-refractivity contribution in [3.05, 3.63) is 17.5 Å². The van der Waals surface area contributed by atoms with Crippen molar-refractivity contribution in [2.24, 2.45) is 5.92 Å². The molecule has 2 aliphatic carbocycles. The summed E-state index contributed by atoms with van der Waals surface area (Å²) in [7, 11) is -2.14. The molecule has 1 heterocycles. The third-order valence-electron chi connectivity index (χ3n) is 4.47. The lowest BCUT2D eigenvalue weighted by Crippen LogP contribution is -2.34. The SMILES string of the molecule is COc1cc(C(=O)NS(=O)(=O)CCC2CCC2)nnc1C1CC1. The zero-order valence-corrected chi connectivity index (χ0v) is 13.9. The lowest BCUT2D eigenvalue weighted by molar-refractivity contribution is 0.0975. The van der Waals surface area contributed by atoms with Gasteiger partial charge < -0.3 is 4.74 Å². The lowest BCUT2D eigenvalue weighted by Gasteiger charge is -2.24. The van der Waals surface area contributed by atoms with Gasteiger partial charge >= 0.3 is 0 Å². The van der Waals surface area contributed by atoms with E-state index in [1.54, 1.807) is 0 Å². The van der Waals surface area contributed by atoms with Gasteiger partial charge in [-0.05, 0) is 25.2 Å². The van der Waals surface area contributed by atoms with Crippen molar-refractivity contribution in [3.8, 4) is 5.75 Å². The first-order valence-electron chi connectivity index (χ1n) is 7.95. The average Bonchev–Trinajstić information content (AvgIpc) is 3.28. The summed E-state index contributed by atoms with van der Waals surface area (Å²) in [6.07, 6.45) is 5.99. The van der Waals surface area contributed by atoms with Crippen LogP contribution in [0, 0.1) is 5.92 Å². The Morgan fingerprint density at radius 1 is 1.30 bits per heavy atom. The number of rotatable bonds is 7. The van der Waals surface area contributed by atoms with Gasteiger partial charge in [0.25, 0.3) is 5.91 Å². The first-order chi connectivity index (χ1) is 11.0. The molecule has 1 amide bonds. The molecule has 0 spiro atoms. The van der Waals surface area contributed by atoms with Crippen LogP contribution in [0.15, 0.2) is 6.07 Å². The quantitative estimate of drug-likeness (QED) is 0.810. The van der Waals surface area contributed by atoms with Gasteiger partial charge in [0.15, 0.2) is 5.69 Å². The summed E-state index contributed by atoms with van der Waals surface area (Å²) in [5.41, 5.74) is 0.690.